The van der Waals surface area contributed by atoms with E-state index >= 15 is 0 Å². The third-order valence-corrected chi connectivity index (χ3v) is 4.37. The Morgan fingerprint density at radius 1 is 1.31 bits per heavy atom. The molecule has 0 saturated heterocycles. The Morgan fingerprint density at radius 2 is 2.06 bits per heavy atom. The van der Waals surface area contributed by atoms with Crippen LogP contribution in [-0.2, 0) is 16.6 Å². The molecule has 16 heavy (non-hydrogen) atoms. The average Bonchev–Trinajstić information content (AvgIpc) is 2.27. The number of rotatable bonds is 6. The summed E-state index contributed by atoms with van der Waals surface area (Å²) in [6.07, 6.45) is 2.32. The molecule has 1 aromatic heterocycles. The Morgan fingerprint density at radius 3 is 2.56 bits per heavy atom. The van der Waals surface area contributed by atoms with Crippen molar-refractivity contribution in [3.63, 3.8) is 0 Å². The molecule has 0 saturated carbocycles. The van der Waals surface area contributed by atoms with E-state index in [-0.39, 0.29) is 5.75 Å². The van der Waals surface area contributed by atoms with Gasteiger partial charge in [-0.25, -0.2) is 8.42 Å². The Hall–Kier alpha value is -0.940. The van der Waals surface area contributed by atoms with Crippen molar-refractivity contribution in [3.8, 4) is 0 Å². The van der Waals surface area contributed by atoms with Crippen LogP contribution in [0.25, 0.3) is 0 Å². The molecule has 0 aliphatic carbocycles. The second-order valence-electron chi connectivity index (χ2n) is 3.56. The molecule has 0 radical (unpaired) electrons. The van der Waals surface area contributed by atoms with Crippen molar-refractivity contribution in [3.05, 3.63) is 30.1 Å². The maximum absolute atomic E-state index is 11.9. The minimum atomic E-state index is -3.13. The predicted molar refractivity (Wildman–Crippen MR) is 64.4 cm³/mol. The van der Waals surface area contributed by atoms with Gasteiger partial charge in [-0.2, -0.15) is 4.31 Å². The predicted octanol–water partition coefficient (Wildman–Crippen LogP) is 1.64. The highest BCUT2D eigenvalue weighted by Crippen LogP contribution is 2.08. The normalized spacial score (nSPS) is 11.9. The molecule has 0 spiro atoms. The van der Waals surface area contributed by atoms with Crippen LogP contribution in [0.1, 0.15) is 26.0 Å². The maximum atomic E-state index is 11.9. The molecular formula is C11H18N2O2S. The third-order valence-electron chi connectivity index (χ3n) is 2.27. The van der Waals surface area contributed by atoms with Crippen LogP contribution in [0.4, 0.5) is 0 Å². The van der Waals surface area contributed by atoms with Gasteiger partial charge >= 0.3 is 0 Å². The number of pyridine rings is 1. The largest absolute Gasteiger partial charge is 0.260 e. The van der Waals surface area contributed by atoms with E-state index in [1.807, 2.05) is 32.0 Å². The molecule has 0 bridgehead atoms. The van der Waals surface area contributed by atoms with Crippen molar-refractivity contribution in [2.24, 2.45) is 0 Å². The van der Waals surface area contributed by atoms with Crippen molar-refractivity contribution in [2.75, 3.05) is 12.3 Å². The summed E-state index contributed by atoms with van der Waals surface area (Å²) in [5.74, 6) is 0.202. The molecule has 90 valence electrons. The fourth-order valence-electron chi connectivity index (χ4n) is 1.47. The van der Waals surface area contributed by atoms with Crippen LogP contribution in [0.2, 0.25) is 0 Å². The lowest BCUT2D eigenvalue weighted by Crippen LogP contribution is -2.32. The molecule has 0 N–H and O–H groups in total. The molecule has 4 nitrogen and oxygen atoms in total. The van der Waals surface area contributed by atoms with E-state index in [1.54, 1.807) is 6.20 Å². The first-order chi connectivity index (χ1) is 7.60. The zero-order valence-corrected chi connectivity index (χ0v) is 10.6. The molecular weight excluding hydrogens is 224 g/mol. The summed E-state index contributed by atoms with van der Waals surface area (Å²) in [4.78, 5) is 4.13. The quantitative estimate of drug-likeness (QED) is 0.762. The van der Waals surface area contributed by atoms with Crippen molar-refractivity contribution >= 4 is 10.0 Å². The van der Waals surface area contributed by atoms with Crippen molar-refractivity contribution in [1.82, 2.24) is 9.29 Å². The Labute approximate surface area is 97.4 Å². The number of aromatic nitrogens is 1. The Balaban J connectivity index is 2.77. The van der Waals surface area contributed by atoms with Crippen LogP contribution in [0.15, 0.2) is 24.4 Å². The maximum Gasteiger partial charge on any atom is 0.214 e. The van der Waals surface area contributed by atoms with Gasteiger partial charge in [0.1, 0.15) is 0 Å². The summed E-state index contributed by atoms with van der Waals surface area (Å²) in [7, 11) is -3.13. The minimum absolute atomic E-state index is 0.202. The van der Waals surface area contributed by atoms with Gasteiger partial charge in [-0.1, -0.05) is 19.9 Å². The van der Waals surface area contributed by atoms with Crippen LogP contribution < -0.4 is 0 Å². The molecule has 1 heterocycles. The first-order valence-corrected chi connectivity index (χ1v) is 7.08. The van der Waals surface area contributed by atoms with Crippen LogP contribution in [0, 0.1) is 0 Å². The first-order valence-electron chi connectivity index (χ1n) is 5.48. The molecule has 0 unspecified atom stereocenters. The third kappa shape index (κ3) is 3.57. The number of sulfonamides is 1. The zero-order chi connectivity index (χ0) is 12.0. The van der Waals surface area contributed by atoms with E-state index in [0.717, 1.165) is 5.69 Å². The monoisotopic (exact) mass is 242 g/mol. The average molecular weight is 242 g/mol. The highest BCUT2D eigenvalue weighted by molar-refractivity contribution is 7.89. The second kappa shape index (κ2) is 5.96. The smallest absolute Gasteiger partial charge is 0.214 e. The fourth-order valence-corrected chi connectivity index (χ4v) is 2.96. The van der Waals surface area contributed by atoms with Crippen molar-refractivity contribution in [1.29, 1.82) is 0 Å². The molecule has 1 rings (SSSR count). The van der Waals surface area contributed by atoms with Gasteiger partial charge in [0.2, 0.25) is 10.0 Å². The molecule has 0 aliphatic rings. The topological polar surface area (TPSA) is 50.3 Å². The molecule has 0 aromatic carbocycles. The zero-order valence-electron chi connectivity index (χ0n) is 9.76. The van der Waals surface area contributed by atoms with Crippen LogP contribution in [0.5, 0.6) is 0 Å². The van der Waals surface area contributed by atoms with Gasteiger partial charge in [0.05, 0.1) is 18.0 Å². The van der Waals surface area contributed by atoms with Gasteiger partial charge in [0, 0.05) is 12.7 Å². The van der Waals surface area contributed by atoms with Crippen molar-refractivity contribution < 1.29 is 8.42 Å². The summed E-state index contributed by atoms with van der Waals surface area (Å²) < 4.78 is 25.2. The molecule has 0 atom stereocenters. The Kier molecular flexibility index (Phi) is 4.89. The standard InChI is InChI=1S/C11H18N2O2S/c1-3-9-16(14,15)13(4-2)10-11-7-5-6-8-12-11/h5-8H,3-4,9-10H2,1-2H3. The summed E-state index contributed by atoms with van der Waals surface area (Å²) in [6, 6.07) is 5.52. The lowest BCUT2D eigenvalue weighted by Gasteiger charge is -2.19. The van der Waals surface area contributed by atoms with Gasteiger partial charge in [-0.15, -0.1) is 0 Å². The first kappa shape index (κ1) is 13.1. The number of nitrogens with zero attached hydrogens (tertiary/aromatic N) is 2. The summed E-state index contributed by atoms with van der Waals surface area (Å²) in [6.45, 7) is 4.56. The van der Waals surface area contributed by atoms with Gasteiger partial charge in [0.25, 0.3) is 0 Å². The molecule has 1 aromatic rings. The van der Waals surface area contributed by atoms with E-state index < -0.39 is 10.0 Å². The number of hydrogen-bond acceptors (Lipinski definition) is 3. The molecule has 5 heteroatoms. The highest BCUT2D eigenvalue weighted by Gasteiger charge is 2.19. The molecule has 0 fully saturated rings. The van der Waals surface area contributed by atoms with Gasteiger partial charge in [-0.3, -0.25) is 4.98 Å². The highest BCUT2D eigenvalue weighted by atomic mass is 32.2. The van der Waals surface area contributed by atoms with E-state index in [0.29, 0.717) is 19.5 Å². The second-order valence-corrected chi connectivity index (χ2v) is 5.65. The van der Waals surface area contributed by atoms with Crippen molar-refractivity contribution in [2.45, 2.75) is 26.8 Å². The Bertz CT molecular complexity index is 403. The summed E-state index contributed by atoms with van der Waals surface area (Å²) in [5, 5.41) is 0. The van der Waals surface area contributed by atoms with E-state index in [9.17, 15) is 8.42 Å². The van der Waals surface area contributed by atoms with E-state index in [4.69, 9.17) is 0 Å². The van der Waals surface area contributed by atoms with Gasteiger partial charge in [-0.05, 0) is 18.6 Å². The van der Waals surface area contributed by atoms with Crippen LogP contribution in [0.3, 0.4) is 0 Å². The van der Waals surface area contributed by atoms with Crippen LogP contribution >= 0.6 is 0 Å². The number of hydrogen-bond donors (Lipinski definition) is 0. The SMILES string of the molecule is CCCS(=O)(=O)N(CC)Cc1ccccn1. The molecule has 0 aliphatic heterocycles. The lowest BCUT2D eigenvalue weighted by molar-refractivity contribution is 0.418. The fraction of sp³-hybridized carbons (Fsp3) is 0.545. The van der Waals surface area contributed by atoms with Gasteiger partial charge in [0.15, 0.2) is 0 Å². The van der Waals surface area contributed by atoms with E-state index in [2.05, 4.69) is 4.98 Å². The lowest BCUT2D eigenvalue weighted by atomic mass is 10.3. The summed E-state index contributed by atoms with van der Waals surface area (Å²) in [5.41, 5.74) is 0.782. The molecule has 0 amide bonds. The van der Waals surface area contributed by atoms with Gasteiger partial charge < -0.3 is 0 Å². The summed E-state index contributed by atoms with van der Waals surface area (Å²) >= 11 is 0. The minimum Gasteiger partial charge on any atom is -0.260 e. The van der Waals surface area contributed by atoms with E-state index in [1.165, 1.54) is 4.31 Å². The van der Waals surface area contributed by atoms with Crippen LogP contribution in [-0.4, -0.2) is 30.0 Å².